The van der Waals surface area contributed by atoms with Crippen molar-refractivity contribution in [1.29, 1.82) is 0 Å². The minimum Gasteiger partial charge on any atom is -0.484 e. The van der Waals surface area contributed by atoms with E-state index in [1.807, 2.05) is 0 Å². The number of anilines is 1. The Hall–Kier alpha value is -2.77. The lowest BCUT2D eigenvalue weighted by Crippen LogP contribution is -2.20. The zero-order chi connectivity index (χ0) is 16.9. The number of carbonyl (C=O) groups is 1. The molecule has 0 heterocycles. The Morgan fingerprint density at radius 3 is 2.35 bits per heavy atom. The maximum atomic E-state index is 12.9. The molecular weight excluding hydrogens is 318 g/mol. The average Bonchev–Trinajstić information content (AvgIpc) is 2.46. The highest BCUT2D eigenvalue weighted by atomic mass is 19.4. The second-order valence-electron chi connectivity index (χ2n) is 4.37. The molecule has 0 fully saturated rings. The number of carbonyl (C=O) groups excluding carboxylic acids is 1. The van der Waals surface area contributed by atoms with Gasteiger partial charge < -0.3 is 14.8 Å². The summed E-state index contributed by atoms with van der Waals surface area (Å²) in [6, 6.07) is 9.91. The number of alkyl halides is 3. The van der Waals surface area contributed by atoms with Crippen LogP contribution in [0.2, 0.25) is 0 Å². The van der Waals surface area contributed by atoms with E-state index in [4.69, 9.17) is 4.74 Å². The Balaban J connectivity index is 1.85. The van der Waals surface area contributed by atoms with Gasteiger partial charge in [0.15, 0.2) is 6.61 Å². The lowest BCUT2D eigenvalue weighted by atomic mass is 10.3. The highest BCUT2D eigenvalue weighted by Gasteiger charge is 2.30. The third kappa shape index (κ3) is 5.85. The van der Waals surface area contributed by atoms with Gasteiger partial charge in [0.1, 0.15) is 17.3 Å². The zero-order valence-corrected chi connectivity index (χ0v) is 11.6. The van der Waals surface area contributed by atoms with Gasteiger partial charge >= 0.3 is 6.36 Å². The predicted molar refractivity (Wildman–Crippen MR) is 73.6 cm³/mol. The van der Waals surface area contributed by atoms with Crippen molar-refractivity contribution >= 4 is 11.6 Å². The molecule has 0 radical (unpaired) electrons. The zero-order valence-electron chi connectivity index (χ0n) is 11.6. The van der Waals surface area contributed by atoms with Crippen LogP contribution < -0.4 is 14.8 Å². The van der Waals surface area contributed by atoms with Crippen molar-refractivity contribution in [2.24, 2.45) is 0 Å². The fourth-order valence-corrected chi connectivity index (χ4v) is 1.64. The summed E-state index contributed by atoms with van der Waals surface area (Å²) in [5.74, 6) is -1.25. The van der Waals surface area contributed by atoms with Crippen molar-refractivity contribution in [3.8, 4) is 11.5 Å². The van der Waals surface area contributed by atoms with Gasteiger partial charge in [-0.25, -0.2) is 4.39 Å². The number of rotatable bonds is 5. The second-order valence-corrected chi connectivity index (χ2v) is 4.37. The Kier molecular flexibility index (Phi) is 5.05. The Labute approximate surface area is 128 Å². The van der Waals surface area contributed by atoms with Gasteiger partial charge in [-0.1, -0.05) is 6.07 Å². The van der Waals surface area contributed by atoms with Crippen LogP contribution in [0.3, 0.4) is 0 Å². The van der Waals surface area contributed by atoms with Crippen LogP contribution in [-0.2, 0) is 4.79 Å². The number of benzene rings is 2. The molecule has 1 N–H and O–H groups in total. The van der Waals surface area contributed by atoms with Crippen LogP contribution in [-0.4, -0.2) is 18.9 Å². The average molecular weight is 329 g/mol. The first kappa shape index (κ1) is 16.6. The summed E-state index contributed by atoms with van der Waals surface area (Å²) in [5.41, 5.74) is 0.271. The lowest BCUT2D eigenvalue weighted by molar-refractivity contribution is -0.274. The standard InChI is InChI=1S/C15H11F4NO3/c16-10-2-1-3-13(8-10)22-9-14(21)20-11-4-6-12(7-5-11)23-15(17,18)19/h1-8H,9H2,(H,20,21). The van der Waals surface area contributed by atoms with E-state index < -0.39 is 23.8 Å². The first-order valence-electron chi connectivity index (χ1n) is 6.36. The fourth-order valence-electron chi connectivity index (χ4n) is 1.64. The van der Waals surface area contributed by atoms with E-state index in [1.54, 1.807) is 0 Å². The first-order valence-corrected chi connectivity index (χ1v) is 6.36. The number of hydrogen-bond donors (Lipinski definition) is 1. The molecule has 2 aromatic rings. The quantitative estimate of drug-likeness (QED) is 0.850. The van der Waals surface area contributed by atoms with Gasteiger partial charge in [-0.05, 0) is 36.4 Å². The highest BCUT2D eigenvalue weighted by Crippen LogP contribution is 2.23. The second kappa shape index (κ2) is 6.99. The van der Waals surface area contributed by atoms with E-state index in [-0.39, 0.29) is 18.0 Å². The summed E-state index contributed by atoms with van der Waals surface area (Å²) in [7, 11) is 0. The Bertz CT molecular complexity index is 671. The summed E-state index contributed by atoms with van der Waals surface area (Å²) in [6.07, 6.45) is -4.77. The molecule has 0 aromatic heterocycles. The van der Waals surface area contributed by atoms with Crippen LogP contribution in [0, 0.1) is 5.82 Å². The van der Waals surface area contributed by atoms with E-state index in [1.165, 1.54) is 30.3 Å². The van der Waals surface area contributed by atoms with Gasteiger partial charge in [-0.15, -0.1) is 13.2 Å². The van der Waals surface area contributed by atoms with E-state index in [0.717, 1.165) is 18.2 Å². The smallest absolute Gasteiger partial charge is 0.484 e. The Morgan fingerprint density at radius 2 is 1.74 bits per heavy atom. The number of nitrogens with one attached hydrogen (secondary N) is 1. The van der Waals surface area contributed by atoms with Gasteiger partial charge in [0.25, 0.3) is 5.91 Å². The SMILES string of the molecule is O=C(COc1cccc(F)c1)Nc1ccc(OC(F)(F)F)cc1. The van der Waals surface area contributed by atoms with Gasteiger partial charge in [-0.2, -0.15) is 0 Å². The molecule has 0 saturated heterocycles. The topological polar surface area (TPSA) is 47.6 Å². The van der Waals surface area contributed by atoms with Crippen LogP contribution in [0.5, 0.6) is 11.5 Å². The normalized spacial score (nSPS) is 11.0. The summed E-state index contributed by atoms with van der Waals surface area (Å²) in [6.45, 7) is -0.371. The molecule has 0 unspecified atom stereocenters. The molecule has 0 aliphatic heterocycles. The van der Waals surface area contributed by atoms with Crippen LogP contribution >= 0.6 is 0 Å². The third-order valence-corrected chi connectivity index (χ3v) is 2.54. The van der Waals surface area contributed by atoms with Crippen LogP contribution in [0.15, 0.2) is 48.5 Å². The van der Waals surface area contributed by atoms with E-state index in [2.05, 4.69) is 10.1 Å². The van der Waals surface area contributed by atoms with E-state index in [9.17, 15) is 22.4 Å². The maximum absolute atomic E-state index is 12.9. The van der Waals surface area contributed by atoms with Crippen LogP contribution in [0.4, 0.5) is 23.2 Å². The minimum absolute atomic E-state index is 0.189. The molecule has 8 heteroatoms. The van der Waals surface area contributed by atoms with Crippen molar-refractivity contribution in [2.75, 3.05) is 11.9 Å². The summed E-state index contributed by atoms with van der Waals surface area (Å²) in [4.78, 5) is 11.6. The molecule has 1 amide bonds. The summed E-state index contributed by atoms with van der Waals surface area (Å²) >= 11 is 0. The van der Waals surface area contributed by atoms with E-state index >= 15 is 0 Å². The van der Waals surface area contributed by atoms with Crippen molar-refractivity contribution < 1.29 is 31.8 Å². The summed E-state index contributed by atoms with van der Waals surface area (Å²) < 4.78 is 57.7. The largest absolute Gasteiger partial charge is 0.573 e. The monoisotopic (exact) mass is 329 g/mol. The number of hydrogen-bond acceptors (Lipinski definition) is 3. The molecule has 0 aliphatic carbocycles. The third-order valence-electron chi connectivity index (χ3n) is 2.54. The van der Waals surface area contributed by atoms with Crippen LogP contribution in [0.1, 0.15) is 0 Å². The number of halogens is 4. The molecule has 0 aliphatic rings. The van der Waals surface area contributed by atoms with Crippen molar-refractivity contribution in [2.45, 2.75) is 6.36 Å². The lowest BCUT2D eigenvalue weighted by Gasteiger charge is -2.10. The number of amides is 1. The predicted octanol–water partition coefficient (Wildman–Crippen LogP) is 3.74. The fraction of sp³-hybridized carbons (Fsp3) is 0.133. The van der Waals surface area contributed by atoms with Crippen molar-refractivity contribution in [1.82, 2.24) is 0 Å². The molecule has 2 aromatic carbocycles. The maximum Gasteiger partial charge on any atom is 0.573 e. The van der Waals surface area contributed by atoms with E-state index in [0.29, 0.717) is 0 Å². The molecular formula is C15H11F4NO3. The van der Waals surface area contributed by atoms with Crippen molar-refractivity contribution in [3.05, 3.63) is 54.3 Å². The van der Waals surface area contributed by atoms with Crippen molar-refractivity contribution in [3.63, 3.8) is 0 Å². The van der Waals surface area contributed by atoms with Gasteiger partial charge in [0.2, 0.25) is 0 Å². The van der Waals surface area contributed by atoms with Gasteiger partial charge in [-0.3, -0.25) is 4.79 Å². The van der Waals surface area contributed by atoms with Gasteiger partial charge in [0, 0.05) is 11.8 Å². The molecule has 4 nitrogen and oxygen atoms in total. The first-order chi connectivity index (χ1) is 10.8. The molecule has 23 heavy (non-hydrogen) atoms. The molecule has 122 valence electrons. The summed E-state index contributed by atoms with van der Waals surface area (Å²) in [5, 5.41) is 2.42. The molecule has 0 saturated carbocycles. The van der Waals surface area contributed by atoms with Gasteiger partial charge in [0.05, 0.1) is 0 Å². The minimum atomic E-state index is -4.77. The number of ether oxygens (including phenoxy) is 2. The highest BCUT2D eigenvalue weighted by molar-refractivity contribution is 5.91. The van der Waals surface area contributed by atoms with Crippen LogP contribution in [0.25, 0.3) is 0 Å². The molecule has 0 spiro atoms. The molecule has 2 rings (SSSR count). The Morgan fingerprint density at radius 1 is 1.04 bits per heavy atom. The molecule has 0 atom stereocenters. The molecule has 0 bridgehead atoms.